The van der Waals surface area contributed by atoms with Gasteiger partial charge in [0.1, 0.15) is 11.6 Å². The van der Waals surface area contributed by atoms with Crippen molar-refractivity contribution in [3.05, 3.63) is 77.1 Å². The van der Waals surface area contributed by atoms with E-state index in [-0.39, 0.29) is 28.8 Å². The third-order valence-corrected chi connectivity index (χ3v) is 5.40. The van der Waals surface area contributed by atoms with Crippen LogP contribution >= 0.6 is 0 Å². The summed E-state index contributed by atoms with van der Waals surface area (Å²) >= 11 is 0. The molecule has 1 aliphatic carbocycles. The van der Waals surface area contributed by atoms with Crippen LogP contribution < -0.4 is 4.74 Å². The molecule has 3 rings (SSSR count). The highest BCUT2D eigenvalue weighted by Gasteiger charge is 2.23. The first-order chi connectivity index (χ1) is 13.5. The third kappa shape index (κ3) is 4.49. The van der Waals surface area contributed by atoms with E-state index in [9.17, 15) is 13.2 Å². The molecule has 0 radical (unpaired) electrons. The molecule has 1 nitrogen and oxygen atoms in total. The van der Waals surface area contributed by atoms with Crippen molar-refractivity contribution >= 4 is 12.2 Å². The molecular weight excluding hydrogens is 361 g/mol. The zero-order valence-corrected chi connectivity index (χ0v) is 16.1. The Hall–Kier alpha value is -2.49. The average Bonchev–Trinajstić information content (AvgIpc) is 2.70. The Bertz CT molecular complexity index is 864. The quantitative estimate of drug-likeness (QED) is 0.513. The van der Waals surface area contributed by atoms with Gasteiger partial charge >= 0.3 is 0 Å². The largest absolute Gasteiger partial charge is 0.494 e. The number of allylic oxidation sites excluding steroid dienone is 1. The number of ether oxygens (including phenoxy) is 1. The Morgan fingerprint density at radius 1 is 1.00 bits per heavy atom. The van der Waals surface area contributed by atoms with Crippen LogP contribution in [0.15, 0.2) is 43.0 Å². The predicted octanol–water partition coefficient (Wildman–Crippen LogP) is 7.13. The molecule has 28 heavy (non-hydrogen) atoms. The topological polar surface area (TPSA) is 9.23 Å². The van der Waals surface area contributed by atoms with Crippen molar-refractivity contribution in [2.24, 2.45) is 5.92 Å². The summed E-state index contributed by atoms with van der Waals surface area (Å²) in [6, 6.07) is 8.18. The fraction of sp³-hybridized carbons (Fsp3) is 0.333. The molecule has 2 aromatic rings. The fourth-order valence-corrected chi connectivity index (χ4v) is 3.82. The molecule has 148 valence electrons. The van der Waals surface area contributed by atoms with Gasteiger partial charge in [-0.05, 0) is 56.1 Å². The van der Waals surface area contributed by atoms with Crippen LogP contribution in [0.4, 0.5) is 13.2 Å². The summed E-state index contributed by atoms with van der Waals surface area (Å²) in [4.78, 5) is 0. The van der Waals surface area contributed by atoms with Crippen molar-refractivity contribution in [1.82, 2.24) is 0 Å². The third-order valence-electron chi connectivity index (χ3n) is 5.40. The van der Waals surface area contributed by atoms with Gasteiger partial charge in [0.05, 0.1) is 6.61 Å². The lowest BCUT2D eigenvalue weighted by molar-refractivity contribution is 0.336. The highest BCUT2D eigenvalue weighted by Crippen LogP contribution is 2.38. The van der Waals surface area contributed by atoms with E-state index in [1.807, 2.05) is 25.1 Å². The lowest BCUT2D eigenvalue weighted by Gasteiger charge is -2.27. The van der Waals surface area contributed by atoms with Crippen LogP contribution in [-0.2, 0) is 0 Å². The summed E-state index contributed by atoms with van der Waals surface area (Å²) in [5.74, 6) is -0.919. The summed E-state index contributed by atoms with van der Waals surface area (Å²) in [5.41, 5.74) is 1.13. The lowest BCUT2D eigenvalue weighted by atomic mass is 9.78. The van der Waals surface area contributed by atoms with Crippen molar-refractivity contribution in [2.45, 2.75) is 38.5 Å². The molecule has 0 amide bonds. The van der Waals surface area contributed by atoms with Gasteiger partial charge in [0.2, 0.25) is 0 Å². The molecule has 2 aromatic carbocycles. The summed E-state index contributed by atoms with van der Waals surface area (Å²) in [6.45, 7) is 5.86. The molecule has 1 saturated carbocycles. The van der Waals surface area contributed by atoms with E-state index in [0.717, 1.165) is 31.2 Å². The van der Waals surface area contributed by atoms with E-state index < -0.39 is 11.6 Å². The number of benzene rings is 2. The molecule has 0 aliphatic heterocycles. The minimum absolute atomic E-state index is 0.160. The second-order valence-corrected chi connectivity index (χ2v) is 7.16. The molecule has 4 heteroatoms. The summed E-state index contributed by atoms with van der Waals surface area (Å²) in [5, 5.41) is 0. The Morgan fingerprint density at radius 3 is 2.32 bits per heavy atom. The number of hydrogen-bond acceptors (Lipinski definition) is 1. The second kappa shape index (κ2) is 9.13. The first kappa shape index (κ1) is 20.2. The first-order valence-electron chi connectivity index (χ1n) is 9.74. The molecular formula is C24H25F3O. The standard InChI is InChI=1S/C24H25F3O/c1-3-17-11-12-19(24(27)23(17)26)10-7-16-5-8-18(9-6-16)21-14-13-20(28-4-2)15-22(21)25/h3,7,10-16,18H,1,4-6,8-9H2,2H3. The summed E-state index contributed by atoms with van der Waals surface area (Å²) < 4.78 is 47.7. The molecule has 1 fully saturated rings. The van der Waals surface area contributed by atoms with Crippen LogP contribution in [0.25, 0.3) is 12.2 Å². The molecule has 0 saturated heterocycles. The van der Waals surface area contributed by atoms with Crippen molar-refractivity contribution in [3.8, 4) is 5.75 Å². The average molecular weight is 386 g/mol. The monoisotopic (exact) mass is 386 g/mol. The van der Waals surface area contributed by atoms with Gasteiger partial charge in [-0.2, -0.15) is 0 Å². The Balaban J connectivity index is 1.62. The van der Waals surface area contributed by atoms with E-state index in [1.165, 1.54) is 18.2 Å². The minimum Gasteiger partial charge on any atom is -0.494 e. The van der Waals surface area contributed by atoms with Crippen LogP contribution in [0.3, 0.4) is 0 Å². The smallest absolute Gasteiger partial charge is 0.166 e. The van der Waals surface area contributed by atoms with Gasteiger partial charge in [-0.1, -0.05) is 43.0 Å². The molecule has 0 atom stereocenters. The fourth-order valence-electron chi connectivity index (χ4n) is 3.82. The Kier molecular flexibility index (Phi) is 6.61. The van der Waals surface area contributed by atoms with Crippen LogP contribution in [0, 0.1) is 23.4 Å². The van der Waals surface area contributed by atoms with Crippen LogP contribution in [0.5, 0.6) is 5.75 Å². The van der Waals surface area contributed by atoms with Crippen LogP contribution in [0.1, 0.15) is 55.2 Å². The summed E-state index contributed by atoms with van der Waals surface area (Å²) in [7, 11) is 0. The van der Waals surface area contributed by atoms with Gasteiger partial charge in [-0.15, -0.1) is 0 Å². The van der Waals surface area contributed by atoms with Gasteiger partial charge in [-0.3, -0.25) is 0 Å². The minimum atomic E-state index is -0.869. The number of halogens is 3. The Labute approximate surface area is 164 Å². The maximum atomic E-state index is 14.4. The highest BCUT2D eigenvalue weighted by atomic mass is 19.2. The van der Waals surface area contributed by atoms with E-state index in [2.05, 4.69) is 6.58 Å². The lowest BCUT2D eigenvalue weighted by Crippen LogP contribution is -2.13. The SMILES string of the molecule is C=Cc1ccc(C=CC2CCC(c3ccc(OCC)cc3F)CC2)c(F)c1F. The number of rotatable bonds is 6. The van der Waals surface area contributed by atoms with Gasteiger partial charge in [0, 0.05) is 17.2 Å². The maximum absolute atomic E-state index is 14.4. The molecule has 0 spiro atoms. The predicted molar refractivity (Wildman–Crippen MR) is 108 cm³/mol. The van der Waals surface area contributed by atoms with Gasteiger partial charge in [0.25, 0.3) is 0 Å². The normalized spacial score (nSPS) is 19.7. The van der Waals surface area contributed by atoms with Crippen LogP contribution in [0.2, 0.25) is 0 Å². The molecule has 1 aliphatic rings. The maximum Gasteiger partial charge on any atom is 0.166 e. The molecule has 0 unspecified atom stereocenters. The number of hydrogen-bond donors (Lipinski definition) is 0. The van der Waals surface area contributed by atoms with Crippen molar-refractivity contribution in [3.63, 3.8) is 0 Å². The molecule has 0 bridgehead atoms. The van der Waals surface area contributed by atoms with Gasteiger partial charge < -0.3 is 4.74 Å². The summed E-state index contributed by atoms with van der Waals surface area (Å²) in [6.07, 6.45) is 8.40. The molecule has 0 heterocycles. The highest BCUT2D eigenvalue weighted by molar-refractivity contribution is 5.56. The van der Waals surface area contributed by atoms with E-state index >= 15 is 0 Å². The first-order valence-corrected chi connectivity index (χ1v) is 9.74. The second-order valence-electron chi connectivity index (χ2n) is 7.16. The van der Waals surface area contributed by atoms with Crippen molar-refractivity contribution < 1.29 is 17.9 Å². The van der Waals surface area contributed by atoms with Crippen molar-refractivity contribution in [1.29, 1.82) is 0 Å². The zero-order chi connectivity index (χ0) is 20.1. The Morgan fingerprint density at radius 2 is 1.68 bits per heavy atom. The van der Waals surface area contributed by atoms with Gasteiger partial charge in [0.15, 0.2) is 11.6 Å². The zero-order valence-electron chi connectivity index (χ0n) is 16.1. The van der Waals surface area contributed by atoms with E-state index in [4.69, 9.17) is 4.74 Å². The van der Waals surface area contributed by atoms with Crippen molar-refractivity contribution in [2.75, 3.05) is 6.61 Å². The van der Waals surface area contributed by atoms with E-state index in [0.29, 0.717) is 12.4 Å². The molecule has 0 aromatic heterocycles. The molecule has 0 N–H and O–H groups in total. The van der Waals surface area contributed by atoms with Crippen LogP contribution in [-0.4, -0.2) is 6.61 Å². The van der Waals surface area contributed by atoms with E-state index in [1.54, 1.807) is 12.1 Å². The van der Waals surface area contributed by atoms with Gasteiger partial charge in [-0.25, -0.2) is 13.2 Å².